The maximum absolute atomic E-state index is 12.8. The number of piperazine rings is 1. The summed E-state index contributed by atoms with van der Waals surface area (Å²) in [6.07, 6.45) is 1.78. The normalized spacial score (nSPS) is 15.0. The number of hydrogen-bond donors (Lipinski definition) is 0. The minimum absolute atomic E-state index is 0.0724. The summed E-state index contributed by atoms with van der Waals surface area (Å²) < 4.78 is 5.20. The van der Waals surface area contributed by atoms with Gasteiger partial charge in [-0.15, -0.1) is 5.10 Å². The highest BCUT2D eigenvalue weighted by Gasteiger charge is 2.27. The largest absolute Gasteiger partial charge is 0.345 e. The number of rotatable bonds is 4. The minimum atomic E-state index is 0.0724. The maximum atomic E-state index is 12.8. The van der Waals surface area contributed by atoms with Crippen LogP contribution in [0.2, 0.25) is 0 Å². The standard InChI is InChI=1S/C18H21N5OS2/c1-3-5-13-16(26-21-20-13)17(24)22-8-10-23(11-9-22)18-19-15-12(2)6-4-7-14(15)25-18/h4,6-7H,3,5,8-11H2,1-2H3. The molecule has 1 aromatic carbocycles. The van der Waals surface area contributed by atoms with Crippen LogP contribution in [-0.4, -0.2) is 51.6 Å². The van der Waals surface area contributed by atoms with Gasteiger partial charge in [0.2, 0.25) is 0 Å². The van der Waals surface area contributed by atoms with Crippen LogP contribution in [0.25, 0.3) is 10.2 Å². The van der Waals surface area contributed by atoms with Gasteiger partial charge in [-0.2, -0.15) is 0 Å². The number of benzene rings is 1. The smallest absolute Gasteiger partial charge is 0.267 e. The molecule has 3 heterocycles. The third-order valence-corrected chi connectivity index (χ3v) is 6.52. The number of aryl methyl sites for hydroxylation is 2. The number of aromatic nitrogens is 3. The molecule has 6 nitrogen and oxygen atoms in total. The van der Waals surface area contributed by atoms with Crippen LogP contribution in [0, 0.1) is 6.92 Å². The molecule has 0 saturated carbocycles. The summed E-state index contributed by atoms with van der Waals surface area (Å²) in [5, 5.41) is 5.17. The number of carbonyl (C=O) groups excluding carboxylic acids is 1. The third kappa shape index (κ3) is 3.19. The van der Waals surface area contributed by atoms with Crippen LogP contribution in [0.3, 0.4) is 0 Å². The van der Waals surface area contributed by atoms with Crippen LogP contribution in [0.4, 0.5) is 5.13 Å². The van der Waals surface area contributed by atoms with E-state index < -0.39 is 0 Å². The average molecular weight is 388 g/mol. The predicted molar refractivity (Wildman–Crippen MR) is 106 cm³/mol. The monoisotopic (exact) mass is 387 g/mol. The second-order valence-electron chi connectivity index (χ2n) is 6.50. The number of nitrogens with zero attached hydrogens (tertiary/aromatic N) is 5. The van der Waals surface area contributed by atoms with Gasteiger partial charge in [0, 0.05) is 26.2 Å². The van der Waals surface area contributed by atoms with Gasteiger partial charge in [0.15, 0.2) is 5.13 Å². The zero-order valence-electron chi connectivity index (χ0n) is 14.9. The van der Waals surface area contributed by atoms with Crippen molar-refractivity contribution in [3.63, 3.8) is 0 Å². The van der Waals surface area contributed by atoms with Crippen LogP contribution >= 0.6 is 22.9 Å². The molecule has 2 aromatic heterocycles. The Morgan fingerprint density at radius 1 is 1.23 bits per heavy atom. The summed E-state index contributed by atoms with van der Waals surface area (Å²) in [7, 11) is 0. The van der Waals surface area contributed by atoms with Crippen LogP contribution in [0.5, 0.6) is 0 Å². The van der Waals surface area contributed by atoms with E-state index in [2.05, 4.69) is 46.5 Å². The van der Waals surface area contributed by atoms with Crippen LogP contribution < -0.4 is 4.90 Å². The lowest BCUT2D eigenvalue weighted by atomic mass is 10.2. The molecule has 0 atom stereocenters. The predicted octanol–water partition coefficient (Wildman–Crippen LogP) is 3.37. The Balaban J connectivity index is 1.45. The molecule has 1 fully saturated rings. The number of thiazole rings is 1. The lowest BCUT2D eigenvalue weighted by molar-refractivity contribution is 0.0750. The second-order valence-corrected chi connectivity index (χ2v) is 8.26. The third-order valence-electron chi connectivity index (χ3n) is 4.68. The Morgan fingerprint density at radius 3 is 2.77 bits per heavy atom. The molecule has 8 heteroatoms. The molecule has 1 aliphatic rings. The van der Waals surface area contributed by atoms with Gasteiger partial charge < -0.3 is 9.80 Å². The van der Waals surface area contributed by atoms with E-state index in [-0.39, 0.29) is 5.91 Å². The molecular formula is C18H21N5OS2. The van der Waals surface area contributed by atoms with Crippen LogP contribution in [-0.2, 0) is 6.42 Å². The summed E-state index contributed by atoms with van der Waals surface area (Å²) in [4.78, 5) is 22.5. The van der Waals surface area contributed by atoms with Crippen LogP contribution in [0.15, 0.2) is 18.2 Å². The molecule has 136 valence electrons. The van der Waals surface area contributed by atoms with E-state index in [0.717, 1.165) is 42.3 Å². The molecule has 0 spiro atoms. The molecule has 1 aliphatic heterocycles. The van der Waals surface area contributed by atoms with Crippen molar-refractivity contribution in [1.82, 2.24) is 19.5 Å². The summed E-state index contributed by atoms with van der Waals surface area (Å²) in [6.45, 7) is 7.21. The number of carbonyl (C=O) groups is 1. The first-order valence-corrected chi connectivity index (χ1v) is 10.5. The van der Waals surface area contributed by atoms with Crippen molar-refractivity contribution in [3.8, 4) is 0 Å². The van der Waals surface area contributed by atoms with Gasteiger partial charge in [-0.1, -0.05) is 41.3 Å². The van der Waals surface area contributed by atoms with Crippen molar-refractivity contribution in [3.05, 3.63) is 34.3 Å². The summed E-state index contributed by atoms with van der Waals surface area (Å²) >= 11 is 2.94. The topological polar surface area (TPSA) is 62.2 Å². The molecule has 0 aliphatic carbocycles. The fourth-order valence-electron chi connectivity index (χ4n) is 3.23. The zero-order chi connectivity index (χ0) is 18.1. The van der Waals surface area contributed by atoms with Gasteiger partial charge in [0.1, 0.15) is 4.88 Å². The van der Waals surface area contributed by atoms with Gasteiger partial charge in [0.25, 0.3) is 5.91 Å². The highest BCUT2D eigenvalue weighted by molar-refractivity contribution is 7.22. The van der Waals surface area contributed by atoms with Crippen molar-refractivity contribution < 1.29 is 4.79 Å². The molecule has 1 amide bonds. The molecule has 3 aromatic rings. The molecular weight excluding hydrogens is 366 g/mol. The maximum Gasteiger partial charge on any atom is 0.267 e. The first kappa shape index (κ1) is 17.4. The molecule has 0 unspecified atom stereocenters. The molecule has 4 rings (SSSR count). The minimum Gasteiger partial charge on any atom is -0.345 e. The van der Waals surface area contributed by atoms with Gasteiger partial charge in [-0.25, -0.2) is 4.98 Å². The van der Waals surface area contributed by atoms with Crippen LogP contribution in [0.1, 0.15) is 34.3 Å². The number of fused-ring (bicyclic) bond motifs is 1. The van der Waals surface area contributed by atoms with E-state index in [1.54, 1.807) is 11.3 Å². The first-order valence-electron chi connectivity index (χ1n) is 8.89. The Morgan fingerprint density at radius 2 is 2.04 bits per heavy atom. The van der Waals surface area contributed by atoms with E-state index in [4.69, 9.17) is 4.98 Å². The van der Waals surface area contributed by atoms with E-state index in [1.807, 2.05) is 4.90 Å². The number of amides is 1. The fourth-order valence-corrected chi connectivity index (χ4v) is 5.00. The second kappa shape index (κ2) is 7.28. The molecule has 1 saturated heterocycles. The van der Waals surface area contributed by atoms with E-state index in [9.17, 15) is 4.79 Å². The molecule has 0 N–H and O–H groups in total. The van der Waals surface area contributed by atoms with Crippen molar-refractivity contribution in [2.75, 3.05) is 31.1 Å². The first-order chi connectivity index (χ1) is 12.7. The molecule has 26 heavy (non-hydrogen) atoms. The van der Waals surface area contributed by atoms with E-state index in [1.165, 1.54) is 21.8 Å². The lowest BCUT2D eigenvalue weighted by Gasteiger charge is -2.34. The van der Waals surface area contributed by atoms with Gasteiger partial charge in [-0.3, -0.25) is 4.79 Å². The molecule has 0 bridgehead atoms. The fraction of sp³-hybridized carbons (Fsp3) is 0.444. The van der Waals surface area contributed by atoms with Crippen molar-refractivity contribution in [2.45, 2.75) is 26.7 Å². The van der Waals surface area contributed by atoms with Gasteiger partial charge in [0.05, 0.1) is 15.9 Å². The Kier molecular flexibility index (Phi) is 4.86. The number of hydrogen-bond acceptors (Lipinski definition) is 7. The van der Waals surface area contributed by atoms with E-state index >= 15 is 0 Å². The number of anilines is 1. The Bertz CT molecular complexity index is 927. The Labute approximate surface area is 160 Å². The molecule has 0 radical (unpaired) electrons. The van der Waals surface area contributed by atoms with Crippen molar-refractivity contribution >= 4 is 44.1 Å². The lowest BCUT2D eigenvalue weighted by Crippen LogP contribution is -2.48. The highest BCUT2D eigenvalue weighted by Crippen LogP contribution is 2.31. The van der Waals surface area contributed by atoms with Gasteiger partial charge in [-0.05, 0) is 36.5 Å². The quantitative estimate of drug-likeness (QED) is 0.687. The summed E-state index contributed by atoms with van der Waals surface area (Å²) in [5.74, 6) is 0.0724. The van der Waals surface area contributed by atoms with E-state index in [0.29, 0.717) is 18.0 Å². The number of para-hydroxylation sites is 1. The van der Waals surface area contributed by atoms with Gasteiger partial charge >= 0.3 is 0 Å². The highest BCUT2D eigenvalue weighted by atomic mass is 32.1. The average Bonchev–Trinajstić information content (AvgIpc) is 3.29. The van der Waals surface area contributed by atoms with Crippen molar-refractivity contribution in [1.29, 1.82) is 0 Å². The Hall–Kier alpha value is -2.06. The zero-order valence-corrected chi connectivity index (χ0v) is 16.6. The van der Waals surface area contributed by atoms with Crippen molar-refractivity contribution in [2.24, 2.45) is 0 Å². The SMILES string of the molecule is CCCc1nnsc1C(=O)N1CCN(c2nc3c(C)cccc3s2)CC1. The summed E-state index contributed by atoms with van der Waals surface area (Å²) in [6, 6.07) is 6.29. The summed E-state index contributed by atoms with van der Waals surface area (Å²) in [5.41, 5.74) is 3.14.